The Hall–Kier alpha value is -3.72. The molecule has 0 bridgehead atoms. The lowest BCUT2D eigenvalue weighted by Gasteiger charge is -2.25. The van der Waals surface area contributed by atoms with Gasteiger partial charge < -0.3 is 18.9 Å². The van der Waals surface area contributed by atoms with E-state index in [2.05, 4.69) is 13.8 Å². The number of methoxy groups -OCH3 is 2. The first-order valence-corrected chi connectivity index (χ1v) is 13.2. The number of alkyl halides is 3. The number of aromatic nitrogens is 2. The summed E-state index contributed by atoms with van der Waals surface area (Å²) < 4.78 is 53.9. The van der Waals surface area contributed by atoms with Crippen LogP contribution in [0.3, 0.4) is 0 Å². The molecule has 1 amide bonds. The van der Waals surface area contributed by atoms with E-state index >= 15 is 0 Å². The topological polar surface area (TPSA) is 56.6 Å². The van der Waals surface area contributed by atoms with Gasteiger partial charge in [-0.3, -0.25) is 4.79 Å². The van der Waals surface area contributed by atoms with Crippen molar-refractivity contribution in [3.63, 3.8) is 0 Å². The van der Waals surface area contributed by atoms with Crippen molar-refractivity contribution >= 4 is 28.5 Å². The number of imidazole rings is 1. The molecule has 6 nitrogen and oxygen atoms in total. The van der Waals surface area contributed by atoms with Gasteiger partial charge >= 0.3 is 6.18 Å². The second kappa shape index (κ2) is 12.2. The minimum absolute atomic E-state index is 0.0607. The van der Waals surface area contributed by atoms with Gasteiger partial charge in [0, 0.05) is 6.54 Å². The number of benzene rings is 3. The number of rotatable bonds is 10. The maximum absolute atomic E-state index is 13.9. The van der Waals surface area contributed by atoms with Gasteiger partial charge in [-0.05, 0) is 48.2 Å². The third-order valence-corrected chi connectivity index (χ3v) is 7.07. The Morgan fingerprint density at radius 1 is 1.02 bits per heavy atom. The molecule has 0 spiro atoms. The van der Waals surface area contributed by atoms with Crippen molar-refractivity contribution in [1.29, 1.82) is 0 Å². The second-order valence-electron chi connectivity index (χ2n) is 9.83. The zero-order chi connectivity index (χ0) is 29.0. The molecule has 10 heteroatoms. The molecule has 212 valence electrons. The van der Waals surface area contributed by atoms with Crippen LogP contribution in [0.15, 0.2) is 60.7 Å². The number of fused-ring (bicyclic) bond motifs is 1. The lowest BCUT2D eigenvalue weighted by molar-refractivity contribution is -0.138. The van der Waals surface area contributed by atoms with Crippen molar-refractivity contribution in [3.8, 4) is 11.5 Å². The van der Waals surface area contributed by atoms with Crippen LogP contribution in [-0.2, 0) is 19.3 Å². The maximum atomic E-state index is 13.9. The van der Waals surface area contributed by atoms with Crippen LogP contribution in [0.4, 0.5) is 13.2 Å². The van der Waals surface area contributed by atoms with Gasteiger partial charge in [-0.2, -0.15) is 13.2 Å². The average Bonchev–Trinajstić information content (AvgIpc) is 3.26. The number of ether oxygens (including phenoxy) is 2. The summed E-state index contributed by atoms with van der Waals surface area (Å²) in [7, 11) is 2.92. The van der Waals surface area contributed by atoms with Gasteiger partial charge in [0.05, 0.1) is 54.5 Å². The molecule has 4 aromatic rings. The van der Waals surface area contributed by atoms with Gasteiger partial charge in [-0.15, -0.1) is 0 Å². The van der Waals surface area contributed by atoms with Crippen LogP contribution in [0.25, 0.3) is 11.0 Å². The van der Waals surface area contributed by atoms with Crippen molar-refractivity contribution in [2.45, 2.75) is 39.5 Å². The highest BCUT2D eigenvalue weighted by Crippen LogP contribution is 2.38. The fourth-order valence-electron chi connectivity index (χ4n) is 4.59. The summed E-state index contributed by atoms with van der Waals surface area (Å²) >= 11 is 6.58. The van der Waals surface area contributed by atoms with Crippen LogP contribution in [0.2, 0.25) is 5.02 Å². The Morgan fingerprint density at radius 2 is 1.73 bits per heavy atom. The van der Waals surface area contributed by atoms with E-state index in [4.69, 9.17) is 26.1 Å². The number of carbonyl (C=O) groups excluding carboxylic acids is 1. The fraction of sp³-hybridized carbons (Fsp3) is 0.333. The highest BCUT2D eigenvalue weighted by molar-refractivity contribution is 6.35. The van der Waals surface area contributed by atoms with Crippen LogP contribution in [0.5, 0.6) is 11.5 Å². The van der Waals surface area contributed by atoms with E-state index < -0.39 is 11.7 Å². The molecule has 1 aromatic heterocycles. The quantitative estimate of drug-likeness (QED) is 0.198. The lowest BCUT2D eigenvalue weighted by atomic mass is 10.1. The Labute approximate surface area is 236 Å². The molecule has 0 atom stereocenters. The standard InChI is InChI=1S/C30H31ClF3N3O3/c1-19(2)15-16-36(29(38)21-13-14-25(39-3)28(40-4)27(21)31)18-26-35-23-11-7-8-12-24(23)37(26)17-20-9-5-6-10-22(20)30(32,33)34/h5-14,19H,15-18H2,1-4H3. The molecule has 0 radical (unpaired) electrons. The SMILES string of the molecule is COc1ccc(C(=O)N(CCC(C)C)Cc2nc3ccccc3n2Cc2ccccc2C(F)(F)F)c(Cl)c1OC. The average molecular weight is 574 g/mol. The number of hydrogen-bond acceptors (Lipinski definition) is 4. The Kier molecular flexibility index (Phi) is 8.93. The van der Waals surface area contributed by atoms with Crippen LogP contribution in [0.1, 0.15) is 47.6 Å². The van der Waals surface area contributed by atoms with Gasteiger partial charge in [0.25, 0.3) is 5.91 Å². The number of amides is 1. The summed E-state index contributed by atoms with van der Waals surface area (Å²) in [4.78, 5) is 20.2. The molecule has 0 aliphatic heterocycles. The summed E-state index contributed by atoms with van der Waals surface area (Å²) in [5.74, 6) is 1.05. The van der Waals surface area contributed by atoms with Crippen LogP contribution in [-0.4, -0.2) is 41.1 Å². The van der Waals surface area contributed by atoms with Crippen molar-refractivity contribution in [1.82, 2.24) is 14.5 Å². The molecular formula is C30H31ClF3N3O3. The number of nitrogens with zero attached hydrogens (tertiary/aromatic N) is 3. The lowest BCUT2D eigenvalue weighted by Crippen LogP contribution is -2.33. The normalized spacial score (nSPS) is 11.7. The van der Waals surface area contributed by atoms with E-state index in [9.17, 15) is 18.0 Å². The fourth-order valence-corrected chi connectivity index (χ4v) is 4.90. The van der Waals surface area contributed by atoms with Crippen molar-refractivity contribution in [3.05, 3.63) is 88.2 Å². The van der Waals surface area contributed by atoms with Gasteiger partial charge in [-0.25, -0.2) is 4.98 Å². The van der Waals surface area contributed by atoms with E-state index in [1.54, 1.807) is 33.7 Å². The first-order valence-electron chi connectivity index (χ1n) is 12.8. The predicted molar refractivity (Wildman–Crippen MR) is 149 cm³/mol. The third-order valence-electron chi connectivity index (χ3n) is 6.70. The maximum Gasteiger partial charge on any atom is 0.416 e. The summed E-state index contributed by atoms with van der Waals surface area (Å²) in [5.41, 5.74) is 0.941. The van der Waals surface area contributed by atoms with Crippen molar-refractivity contribution < 1.29 is 27.4 Å². The minimum atomic E-state index is -4.50. The van der Waals surface area contributed by atoms with Gasteiger partial charge in [0.15, 0.2) is 11.5 Å². The van der Waals surface area contributed by atoms with Gasteiger partial charge in [0.2, 0.25) is 0 Å². The Bertz CT molecular complexity index is 1500. The Balaban J connectivity index is 1.78. The van der Waals surface area contributed by atoms with E-state index in [0.717, 1.165) is 6.07 Å². The molecule has 0 fully saturated rings. The number of para-hydroxylation sites is 2. The van der Waals surface area contributed by atoms with Gasteiger partial charge in [-0.1, -0.05) is 55.8 Å². The van der Waals surface area contributed by atoms with Crippen LogP contribution >= 0.6 is 11.6 Å². The zero-order valence-electron chi connectivity index (χ0n) is 22.8. The van der Waals surface area contributed by atoms with E-state index in [-0.39, 0.29) is 40.9 Å². The van der Waals surface area contributed by atoms with E-state index in [1.807, 2.05) is 18.2 Å². The number of hydrogen-bond donors (Lipinski definition) is 0. The van der Waals surface area contributed by atoms with E-state index in [0.29, 0.717) is 41.5 Å². The molecule has 0 saturated heterocycles. The smallest absolute Gasteiger partial charge is 0.416 e. The summed E-state index contributed by atoms with van der Waals surface area (Å²) in [6.07, 6.45) is -3.80. The highest BCUT2D eigenvalue weighted by Gasteiger charge is 2.33. The van der Waals surface area contributed by atoms with Crippen molar-refractivity contribution in [2.75, 3.05) is 20.8 Å². The molecule has 0 saturated carbocycles. The predicted octanol–water partition coefficient (Wildman–Crippen LogP) is 7.46. The van der Waals surface area contributed by atoms with Crippen molar-refractivity contribution in [2.24, 2.45) is 5.92 Å². The molecule has 0 aliphatic rings. The molecule has 3 aromatic carbocycles. The molecular weight excluding hydrogens is 543 g/mol. The molecule has 4 rings (SSSR count). The third kappa shape index (κ3) is 6.20. The molecule has 40 heavy (non-hydrogen) atoms. The largest absolute Gasteiger partial charge is 0.493 e. The molecule has 0 aliphatic carbocycles. The monoisotopic (exact) mass is 573 g/mol. The zero-order valence-corrected chi connectivity index (χ0v) is 23.5. The highest BCUT2D eigenvalue weighted by atomic mass is 35.5. The Morgan fingerprint density at radius 3 is 2.40 bits per heavy atom. The van der Waals surface area contributed by atoms with Crippen LogP contribution in [0, 0.1) is 5.92 Å². The minimum Gasteiger partial charge on any atom is -0.493 e. The second-order valence-corrected chi connectivity index (χ2v) is 10.2. The molecule has 0 N–H and O–H groups in total. The van der Waals surface area contributed by atoms with E-state index in [1.165, 1.54) is 26.4 Å². The first-order chi connectivity index (χ1) is 19.0. The molecule has 0 unspecified atom stereocenters. The van der Waals surface area contributed by atoms with Gasteiger partial charge in [0.1, 0.15) is 5.82 Å². The number of carbonyl (C=O) groups is 1. The first kappa shape index (κ1) is 29.3. The number of halogens is 4. The van der Waals surface area contributed by atoms with Crippen LogP contribution < -0.4 is 9.47 Å². The molecule has 1 heterocycles. The summed E-state index contributed by atoms with van der Waals surface area (Å²) in [6.45, 7) is 4.50. The summed E-state index contributed by atoms with van der Waals surface area (Å²) in [5, 5.41) is 0.119. The summed E-state index contributed by atoms with van der Waals surface area (Å²) in [6, 6.07) is 15.9.